The van der Waals surface area contributed by atoms with E-state index in [1.807, 2.05) is 30.3 Å². The average Bonchev–Trinajstić information content (AvgIpc) is 2.91. The van der Waals surface area contributed by atoms with E-state index < -0.39 is 0 Å². The fraction of sp³-hybridized carbons (Fsp3) is 0. The van der Waals surface area contributed by atoms with E-state index in [0.29, 0.717) is 15.6 Å². The van der Waals surface area contributed by atoms with Crippen molar-refractivity contribution in [3.63, 3.8) is 0 Å². The molecule has 0 saturated carbocycles. The van der Waals surface area contributed by atoms with Gasteiger partial charge in [0.1, 0.15) is 22.4 Å². The molecule has 0 unspecified atom stereocenters. The second kappa shape index (κ2) is 5.57. The van der Waals surface area contributed by atoms with E-state index in [4.69, 9.17) is 11.6 Å². The van der Waals surface area contributed by atoms with Gasteiger partial charge in [0.05, 0.1) is 10.2 Å². The van der Waals surface area contributed by atoms with Crippen molar-refractivity contribution >= 4 is 44.5 Å². The minimum atomic E-state index is -0.112. The molecular formula is C16H9ClN2OS. The van der Waals surface area contributed by atoms with Gasteiger partial charge in [0, 0.05) is 10.6 Å². The summed E-state index contributed by atoms with van der Waals surface area (Å²) >= 11 is 7.29. The molecule has 3 rings (SSSR count). The fourth-order valence-electron chi connectivity index (χ4n) is 1.96. The Labute approximate surface area is 130 Å². The zero-order valence-corrected chi connectivity index (χ0v) is 12.3. The topological polar surface area (TPSA) is 56.9 Å². The van der Waals surface area contributed by atoms with Crippen molar-refractivity contribution in [2.24, 2.45) is 0 Å². The van der Waals surface area contributed by atoms with Crippen LogP contribution in [-0.2, 0) is 0 Å². The summed E-state index contributed by atoms with van der Waals surface area (Å²) < 4.78 is 0.971. The Balaban J connectivity index is 2.17. The summed E-state index contributed by atoms with van der Waals surface area (Å²) in [6, 6.07) is 16.4. The number of nitrogens with zero attached hydrogens (tertiary/aromatic N) is 2. The van der Waals surface area contributed by atoms with Gasteiger partial charge in [-0.05, 0) is 24.3 Å². The summed E-state index contributed by atoms with van der Waals surface area (Å²) in [4.78, 5) is 4.40. The van der Waals surface area contributed by atoms with Crippen molar-refractivity contribution in [2.75, 3.05) is 0 Å². The molecule has 0 atom stereocenters. The highest BCUT2D eigenvalue weighted by Gasteiger charge is 2.15. The maximum atomic E-state index is 10.3. The van der Waals surface area contributed by atoms with Crippen molar-refractivity contribution < 1.29 is 5.11 Å². The second-order valence-corrected chi connectivity index (χ2v) is 5.80. The molecule has 21 heavy (non-hydrogen) atoms. The lowest BCUT2D eigenvalue weighted by molar-refractivity contribution is 0.514. The molecule has 1 heterocycles. The summed E-state index contributed by atoms with van der Waals surface area (Å²) in [6.07, 6.45) is 0. The molecule has 0 aliphatic rings. The number of aromatic nitrogens is 1. The molecule has 5 heteroatoms. The molecule has 2 aromatic carbocycles. The van der Waals surface area contributed by atoms with E-state index >= 15 is 0 Å². The van der Waals surface area contributed by atoms with Crippen LogP contribution in [0.2, 0.25) is 5.02 Å². The molecule has 3 aromatic rings. The highest BCUT2D eigenvalue weighted by molar-refractivity contribution is 7.19. The zero-order chi connectivity index (χ0) is 14.8. The van der Waals surface area contributed by atoms with Crippen molar-refractivity contribution in [2.45, 2.75) is 0 Å². The third kappa shape index (κ3) is 2.62. The summed E-state index contributed by atoms with van der Waals surface area (Å²) in [5.41, 5.74) is 1.46. The molecule has 3 nitrogen and oxygen atoms in total. The molecule has 0 amide bonds. The SMILES string of the molecule is N#C/C(=C(/O)c1cccc(Cl)c1)c1nc2ccccc2s1. The second-order valence-electron chi connectivity index (χ2n) is 4.33. The smallest absolute Gasteiger partial charge is 0.143 e. The lowest BCUT2D eigenvalue weighted by atomic mass is 10.1. The number of nitriles is 1. The number of para-hydroxylation sites is 1. The standard InChI is InChI=1S/C16H9ClN2OS/c17-11-5-3-4-10(8-11)15(20)12(9-18)16-19-13-6-1-2-7-14(13)21-16/h1-8,20H/b15-12-. The van der Waals surface area contributed by atoms with Gasteiger partial charge >= 0.3 is 0 Å². The highest BCUT2D eigenvalue weighted by Crippen LogP contribution is 2.31. The number of thiazole rings is 1. The van der Waals surface area contributed by atoms with Crippen LogP contribution in [0.25, 0.3) is 21.5 Å². The summed E-state index contributed by atoms with van der Waals surface area (Å²) in [5, 5.41) is 20.7. The summed E-state index contributed by atoms with van der Waals surface area (Å²) in [6.45, 7) is 0. The molecule has 0 bridgehead atoms. The Morgan fingerprint density at radius 2 is 2.00 bits per heavy atom. The number of hydrogen-bond donors (Lipinski definition) is 1. The van der Waals surface area contributed by atoms with Gasteiger partial charge in [-0.25, -0.2) is 4.98 Å². The maximum absolute atomic E-state index is 10.3. The monoisotopic (exact) mass is 312 g/mol. The van der Waals surface area contributed by atoms with Gasteiger partial charge in [-0.15, -0.1) is 11.3 Å². The van der Waals surface area contributed by atoms with Crippen LogP contribution in [0.1, 0.15) is 10.6 Å². The zero-order valence-electron chi connectivity index (χ0n) is 10.7. The van der Waals surface area contributed by atoms with Gasteiger partial charge in [-0.3, -0.25) is 0 Å². The number of allylic oxidation sites excluding steroid dienone is 1. The molecule has 0 aliphatic carbocycles. The van der Waals surface area contributed by atoms with Crippen molar-refractivity contribution in [3.05, 3.63) is 64.1 Å². The van der Waals surface area contributed by atoms with Crippen LogP contribution < -0.4 is 0 Å². The third-order valence-electron chi connectivity index (χ3n) is 2.95. The van der Waals surface area contributed by atoms with Crippen molar-refractivity contribution in [3.8, 4) is 6.07 Å². The number of fused-ring (bicyclic) bond motifs is 1. The van der Waals surface area contributed by atoms with Gasteiger partial charge in [0.2, 0.25) is 0 Å². The van der Waals surface area contributed by atoms with E-state index in [1.54, 1.807) is 24.3 Å². The number of hydrogen-bond acceptors (Lipinski definition) is 4. The van der Waals surface area contributed by atoms with Crippen molar-refractivity contribution in [1.29, 1.82) is 5.26 Å². The van der Waals surface area contributed by atoms with Crippen LogP contribution in [0.4, 0.5) is 0 Å². The number of aliphatic hydroxyl groups is 1. The summed E-state index contributed by atoms with van der Waals surface area (Å²) in [7, 11) is 0. The lowest BCUT2D eigenvalue weighted by Crippen LogP contribution is -1.89. The van der Waals surface area contributed by atoms with Crippen LogP contribution in [0, 0.1) is 11.3 Å². The molecule has 0 radical (unpaired) electrons. The minimum Gasteiger partial charge on any atom is -0.506 e. The largest absolute Gasteiger partial charge is 0.506 e. The Kier molecular flexibility index (Phi) is 3.61. The van der Waals surface area contributed by atoms with Gasteiger partial charge < -0.3 is 5.11 Å². The lowest BCUT2D eigenvalue weighted by Gasteiger charge is -2.02. The number of benzene rings is 2. The highest BCUT2D eigenvalue weighted by atomic mass is 35.5. The molecule has 0 fully saturated rings. The first-order chi connectivity index (χ1) is 10.2. The summed E-state index contributed by atoms with van der Waals surface area (Å²) in [5.74, 6) is -0.112. The maximum Gasteiger partial charge on any atom is 0.143 e. The van der Waals surface area contributed by atoms with E-state index in [-0.39, 0.29) is 11.3 Å². The van der Waals surface area contributed by atoms with Gasteiger partial charge in [0.25, 0.3) is 0 Å². The number of halogens is 1. The van der Waals surface area contributed by atoms with E-state index in [9.17, 15) is 10.4 Å². The first kappa shape index (κ1) is 13.6. The Morgan fingerprint density at radius 3 is 2.71 bits per heavy atom. The average molecular weight is 313 g/mol. The first-order valence-electron chi connectivity index (χ1n) is 6.14. The molecule has 102 valence electrons. The predicted octanol–water partition coefficient (Wildman–Crippen LogP) is 4.90. The third-order valence-corrected chi connectivity index (χ3v) is 4.24. The van der Waals surface area contributed by atoms with E-state index in [0.717, 1.165) is 10.2 Å². The molecular weight excluding hydrogens is 304 g/mol. The van der Waals surface area contributed by atoms with Crippen molar-refractivity contribution in [1.82, 2.24) is 4.98 Å². The number of rotatable bonds is 2. The van der Waals surface area contributed by atoms with Gasteiger partial charge in [-0.1, -0.05) is 35.9 Å². The molecule has 0 spiro atoms. The fourth-order valence-corrected chi connectivity index (χ4v) is 3.11. The molecule has 0 aliphatic heterocycles. The van der Waals surface area contributed by atoms with E-state index in [2.05, 4.69) is 4.98 Å². The normalized spacial score (nSPS) is 12.0. The Bertz CT molecular complexity index is 859. The molecule has 1 aromatic heterocycles. The van der Waals surface area contributed by atoms with Gasteiger partial charge in [-0.2, -0.15) is 5.26 Å². The van der Waals surface area contributed by atoms with Crippen LogP contribution in [0.3, 0.4) is 0 Å². The van der Waals surface area contributed by atoms with Crippen LogP contribution in [0.15, 0.2) is 48.5 Å². The molecule has 1 N–H and O–H groups in total. The van der Waals surface area contributed by atoms with Gasteiger partial charge in [0.15, 0.2) is 0 Å². The molecule has 0 saturated heterocycles. The Hall–Kier alpha value is -2.35. The quantitative estimate of drug-likeness (QED) is 0.541. The Morgan fingerprint density at radius 1 is 1.19 bits per heavy atom. The van der Waals surface area contributed by atoms with Crippen LogP contribution in [0.5, 0.6) is 0 Å². The van der Waals surface area contributed by atoms with Crippen LogP contribution in [-0.4, -0.2) is 10.1 Å². The van der Waals surface area contributed by atoms with Crippen LogP contribution >= 0.6 is 22.9 Å². The van der Waals surface area contributed by atoms with E-state index in [1.165, 1.54) is 11.3 Å². The predicted molar refractivity (Wildman–Crippen MR) is 86.1 cm³/mol. The minimum absolute atomic E-state index is 0.112. The first-order valence-corrected chi connectivity index (χ1v) is 7.33. The number of aliphatic hydroxyl groups excluding tert-OH is 1.